The number of carbonyl (C=O) groups is 1. The highest BCUT2D eigenvalue weighted by molar-refractivity contribution is 5.91. The second-order valence-corrected chi connectivity index (χ2v) is 3.92. The van der Waals surface area contributed by atoms with Gasteiger partial charge in [-0.3, -0.25) is 4.68 Å². The van der Waals surface area contributed by atoms with E-state index in [1.165, 1.54) is 18.3 Å². The molecule has 1 N–H and O–H groups in total. The fraction of sp³-hybridized carbons (Fsp3) is 0.0833. The number of rotatable bonds is 3. The first kappa shape index (κ1) is 11.3. The average molecular weight is 259 g/mol. The van der Waals surface area contributed by atoms with E-state index < -0.39 is 5.97 Å². The minimum absolute atomic E-state index is 0.0468. The molecule has 0 unspecified atom stereocenters. The number of carboxylic acid groups (broad SMARTS) is 1. The molecule has 7 heteroatoms. The molecule has 2 heterocycles. The number of aromatic carboxylic acids is 1. The Kier molecular flexibility index (Phi) is 2.45. The molecular formula is C12H9N3O4. The molecule has 0 saturated heterocycles. The molecular weight excluding hydrogens is 250 g/mol. The van der Waals surface area contributed by atoms with E-state index in [0.29, 0.717) is 16.8 Å². The fourth-order valence-corrected chi connectivity index (χ4v) is 1.63. The van der Waals surface area contributed by atoms with Crippen LogP contribution in [0.4, 0.5) is 0 Å². The number of nitrogens with zero attached hydrogens (tertiary/aromatic N) is 3. The normalized spacial score (nSPS) is 10.8. The summed E-state index contributed by atoms with van der Waals surface area (Å²) in [7, 11) is 1.76. The molecule has 2 aromatic heterocycles. The van der Waals surface area contributed by atoms with Crippen LogP contribution in [0.2, 0.25) is 0 Å². The number of carboxylic acids is 1. The Balaban J connectivity index is 1.95. The third kappa shape index (κ3) is 2.13. The van der Waals surface area contributed by atoms with E-state index in [9.17, 15) is 4.79 Å². The van der Waals surface area contributed by atoms with Crippen molar-refractivity contribution in [2.75, 3.05) is 0 Å². The second kappa shape index (κ2) is 4.13. The van der Waals surface area contributed by atoms with Crippen LogP contribution in [0.25, 0.3) is 11.1 Å². The Bertz CT molecular complexity index is 759. The lowest BCUT2D eigenvalue weighted by atomic mass is 10.2. The van der Waals surface area contributed by atoms with Crippen molar-refractivity contribution in [2.45, 2.75) is 0 Å². The molecule has 19 heavy (non-hydrogen) atoms. The van der Waals surface area contributed by atoms with Crippen molar-refractivity contribution in [1.82, 2.24) is 14.8 Å². The van der Waals surface area contributed by atoms with Gasteiger partial charge in [-0.2, -0.15) is 10.1 Å². The summed E-state index contributed by atoms with van der Waals surface area (Å²) in [5.41, 5.74) is 1.03. The number of aromatic nitrogens is 3. The Hall–Kier alpha value is -2.83. The van der Waals surface area contributed by atoms with Gasteiger partial charge in [0.25, 0.3) is 0 Å². The van der Waals surface area contributed by atoms with Crippen molar-refractivity contribution >= 4 is 17.1 Å². The molecule has 0 saturated carbocycles. The SMILES string of the molecule is Cn1cc(Oc2nc3ccc(C(=O)O)cc3o2)cn1. The molecule has 96 valence electrons. The molecule has 0 bridgehead atoms. The third-order valence-electron chi connectivity index (χ3n) is 2.50. The van der Waals surface area contributed by atoms with Crippen molar-refractivity contribution < 1.29 is 19.1 Å². The topological polar surface area (TPSA) is 90.4 Å². The van der Waals surface area contributed by atoms with Gasteiger partial charge in [-0.05, 0) is 18.2 Å². The standard InChI is InChI=1S/C12H9N3O4/c1-15-6-8(5-13-15)18-12-14-9-3-2-7(11(16)17)4-10(9)19-12/h2-6H,1H3,(H,16,17). The highest BCUT2D eigenvalue weighted by Gasteiger charge is 2.11. The van der Waals surface area contributed by atoms with Gasteiger partial charge in [0.05, 0.1) is 18.0 Å². The van der Waals surface area contributed by atoms with Crippen LogP contribution < -0.4 is 4.74 Å². The summed E-state index contributed by atoms with van der Waals surface area (Å²) in [6, 6.07) is 4.43. The Labute approximate surface area is 107 Å². The van der Waals surface area contributed by atoms with E-state index in [1.807, 2.05) is 0 Å². The highest BCUT2D eigenvalue weighted by atomic mass is 16.6. The van der Waals surface area contributed by atoms with Gasteiger partial charge >= 0.3 is 12.0 Å². The minimum Gasteiger partial charge on any atom is -0.478 e. The maximum Gasteiger partial charge on any atom is 0.400 e. The lowest BCUT2D eigenvalue weighted by Crippen LogP contribution is -1.94. The van der Waals surface area contributed by atoms with E-state index in [2.05, 4.69) is 10.1 Å². The van der Waals surface area contributed by atoms with E-state index in [1.54, 1.807) is 24.0 Å². The number of fused-ring (bicyclic) bond motifs is 1. The second-order valence-electron chi connectivity index (χ2n) is 3.92. The number of hydrogen-bond donors (Lipinski definition) is 1. The van der Waals surface area contributed by atoms with Crippen molar-refractivity contribution in [3.63, 3.8) is 0 Å². The molecule has 3 aromatic rings. The number of benzene rings is 1. The molecule has 0 spiro atoms. The summed E-state index contributed by atoms with van der Waals surface area (Å²) in [5, 5.41) is 12.8. The zero-order valence-corrected chi connectivity index (χ0v) is 9.90. The molecule has 7 nitrogen and oxygen atoms in total. The summed E-state index contributed by atoms with van der Waals surface area (Å²) in [6.45, 7) is 0. The summed E-state index contributed by atoms with van der Waals surface area (Å²) in [5.74, 6) is -0.527. The van der Waals surface area contributed by atoms with Crippen LogP contribution in [0, 0.1) is 0 Å². The van der Waals surface area contributed by atoms with Crippen LogP contribution in [-0.2, 0) is 7.05 Å². The molecule has 0 aliphatic heterocycles. The number of hydrogen-bond acceptors (Lipinski definition) is 5. The van der Waals surface area contributed by atoms with Crippen LogP contribution in [0.3, 0.4) is 0 Å². The van der Waals surface area contributed by atoms with Crippen LogP contribution >= 0.6 is 0 Å². The van der Waals surface area contributed by atoms with E-state index >= 15 is 0 Å². The maximum absolute atomic E-state index is 10.8. The number of ether oxygens (including phenoxy) is 1. The maximum atomic E-state index is 10.8. The molecule has 0 amide bonds. The van der Waals surface area contributed by atoms with Crippen molar-refractivity contribution in [3.05, 3.63) is 36.2 Å². The van der Waals surface area contributed by atoms with Gasteiger partial charge in [-0.15, -0.1) is 0 Å². The van der Waals surface area contributed by atoms with Crippen LogP contribution in [0.5, 0.6) is 11.8 Å². The summed E-state index contributed by atoms with van der Waals surface area (Å²) >= 11 is 0. The molecule has 0 aliphatic carbocycles. The quantitative estimate of drug-likeness (QED) is 0.774. The van der Waals surface area contributed by atoms with Gasteiger partial charge < -0.3 is 14.3 Å². The smallest absolute Gasteiger partial charge is 0.400 e. The summed E-state index contributed by atoms with van der Waals surface area (Å²) < 4.78 is 12.3. The van der Waals surface area contributed by atoms with Gasteiger partial charge in [0.15, 0.2) is 11.3 Å². The lowest BCUT2D eigenvalue weighted by molar-refractivity contribution is 0.0697. The molecule has 0 atom stereocenters. The fourth-order valence-electron chi connectivity index (χ4n) is 1.63. The van der Waals surface area contributed by atoms with Crippen molar-refractivity contribution in [1.29, 1.82) is 0 Å². The van der Waals surface area contributed by atoms with Crippen LogP contribution in [0.1, 0.15) is 10.4 Å². The zero-order valence-electron chi connectivity index (χ0n) is 9.90. The minimum atomic E-state index is -1.02. The summed E-state index contributed by atoms with van der Waals surface area (Å²) in [4.78, 5) is 14.9. The zero-order chi connectivity index (χ0) is 13.4. The first-order valence-corrected chi connectivity index (χ1v) is 5.42. The van der Waals surface area contributed by atoms with E-state index in [-0.39, 0.29) is 11.6 Å². The number of aryl methyl sites for hydroxylation is 1. The van der Waals surface area contributed by atoms with Crippen LogP contribution in [0.15, 0.2) is 35.0 Å². The number of oxazole rings is 1. The Morgan fingerprint density at radius 1 is 1.47 bits per heavy atom. The summed E-state index contributed by atoms with van der Waals surface area (Å²) in [6.07, 6.45) is 3.24. The van der Waals surface area contributed by atoms with Crippen LogP contribution in [-0.4, -0.2) is 25.8 Å². The third-order valence-corrected chi connectivity index (χ3v) is 2.50. The molecule has 1 aromatic carbocycles. The highest BCUT2D eigenvalue weighted by Crippen LogP contribution is 2.25. The van der Waals surface area contributed by atoms with Gasteiger partial charge in [-0.1, -0.05) is 0 Å². The molecule has 0 fully saturated rings. The Morgan fingerprint density at radius 2 is 2.32 bits per heavy atom. The molecule has 3 rings (SSSR count). The van der Waals surface area contributed by atoms with Gasteiger partial charge in [0.1, 0.15) is 5.52 Å². The first-order chi connectivity index (χ1) is 9.11. The molecule has 0 aliphatic rings. The van der Waals surface area contributed by atoms with Crippen molar-refractivity contribution in [3.8, 4) is 11.8 Å². The van der Waals surface area contributed by atoms with Gasteiger partial charge in [0.2, 0.25) is 0 Å². The van der Waals surface area contributed by atoms with Gasteiger partial charge in [-0.25, -0.2) is 4.79 Å². The van der Waals surface area contributed by atoms with Crippen molar-refractivity contribution in [2.24, 2.45) is 7.05 Å². The monoisotopic (exact) mass is 259 g/mol. The average Bonchev–Trinajstić information content (AvgIpc) is 2.94. The van der Waals surface area contributed by atoms with E-state index in [4.69, 9.17) is 14.3 Å². The largest absolute Gasteiger partial charge is 0.478 e. The lowest BCUT2D eigenvalue weighted by Gasteiger charge is -1.93. The Morgan fingerprint density at radius 3 is 3.00 bits per heavy atom. The van der Waals surface area contributed by atoms with Gasteiger partial charge in [0, 0.05) is 7.05 Å². The van der Waals surface area contributed by atoms with E-state index in [0.717, 1.165) is 0 Å². The molecule has 0 radical (unpaired) electrons. The first-order valence-electron chi connectivity index (χ1n) is 5.42. The predicted molar refractivity (Wildman–Crippen MR) is 64.3 cm³/mol. The predicted octanol–water partition coefficient (Wildman–Crippen LogP) is 2.05.